The van der Waals surface area contributed by atoms with Crippen molar-refractivity contribution in [3.05, 3.63) is 72.3 Å². The second-order valence-corrected chi connectivity index (χ2v) is 14.2. The smallest absolute Gasteiger partial charge is 0.378 e. The van der Waals surface area contributed by atoms with Crippen LogP contribution in [-0.4, -0.2) is 121 Å². The minimum absolute atomic E-state index is 0.141. The molecule has 3 fully saturated rings. The summed E-state index contributed by atoms with van der Waals surface area (Å²) in [6, 6.07) is 16.4. The number of carbonyl (C=O) groups is 1. The summed E-state index contributed by atoms with van der Waals surface area (Å²) in [5.41, 5.74) is 0.955. The maximum atomic E-state index is 15.7. The number of ether oxygens (including phenoxy) is 2. The molecule has 1 amide bonds. The summed E-state index contributed by atoms with van der Waals surface area (Å²) in [6.07, 6.45) is 4.76. The minimum atomic E-state index is -0.485. The van der Waals surface area contributed by atoms with Crippen molar-refractivity contribution in [3.8, 4) is 28.8 Å². The standard InChI is InChI=1S/C36H38AsFN8O3/c1-36(2,45-15-13-43(14-16-45)26-21-48-22-26)18-24(19-39)35(47)44-12-6-7-25(20-44)46-34-31(33(37)40-23-41-34)32(42-46)29-11-10-28(17-30(29)38)49-27-8-4-3-5-9-27/h3-5,8-11,17-18,23,25-26H,6-7,12-16,20-22H2,1-2H3/t25-/m0/s1. The third-order valence-corrected chi connectivity index (χ3v) is 10.5. The van der Waals surface area contributed by atoms with E-state index >= 15 is 4.39 Å². The van der Waals surface area contributed by atoms with Gasteiger partial charge in [0, 0.05) is 26.2 Å². The van der Waals surface area contributed by atoms with Gasteiger partial charge < -0.3 is 4.74 Å². The molecule has 2 aromatic carbocycles. The molecule has 2 radical (unpaired) electrons. The first-order valence-electron chi connectivity index (χ1n) is 16.7. The van der Waals surface area contributed by atoms with Gasteiger partial charge in [-0.1, -0.05) is 0 Å². The van der Waals surface area contributed by atoms with E-state index < -0.39 is 11.4 Å². The van der Waals surface area contributed by atoms with Gasteiger partial charge in [-0.15, -0.1) is 0 Å². The van der Waals surface area contributed by atoms with Gasteiger partial charge in [0.15, 0.2) is 0 Å². The first-order valence-corrected chi connectivity index (χ1v) is 17.6. The Balaban J connectivity index is 1.11. The molecule has 4 aromatic rings. The van der Waals surface area contributed by atoms with Gasteiger partial charge in [0.25, 0.3) is 0 Å². The molecule has 13 heteroatoms. The number of hydrogen-bond acceptors (Lipinski definition) is 9. The summed E-state index contributed by atoms with van der Waals surface area (Å²) >= 11 is 2.42. The van der Waals surface area contributed by atoms with Crippen LogP contribution >= 0.6 is 0 Å². The maximum absolute atomic E-state index is 15.7. The molecule has 252 valence electrons. The van der Waals surface area contributed by atoms with Gasteiger partial charge in [-0.05, 0) is 0 Å². The number of halogens is 1. The van der Waals surface area contributed by atoms with Gasteiger partial charge in [0.1, 0.15) is 0 Å². The van der Waals surface area contributed by atoms with Gasteiger partial charge in [-0.3, -0.25) is 4.90 Å². The molecule has 0 aliphatic carbocycles. The molecule has 3 aliphatic rings. The van der Waals surface area contributed by atoms with Crippen LogP contribution in [0.1, 0.15) is 32.7 Å². The van der Waals surface area contributed by atoms with Gasteiger partial charge in [-0.2, -0.15) is 0 Å². The monoisotopic (exact) mass is 724 g/mol. The molecule has 2 aromatic heterocycles. The Hall–Kier alpha value is -4.14. The fraction of sp³-hybridized carbons (Fsp3) is 0.417. The number of likely N-dealkylation sites (tertiary alicyclic amines) is 1. The van der Waals surface area contributed by atoms with Crippen LogP contribution in [0.3, 0.4) is 0 Å². The van der Waals surface area contributed by atoms with Crippen LogP contribution in [0.25, 0.3) is 22.3 Å². The second-order valence-electron chi connectivity index (χ2n) is 13.3. The Bertz CT molecular complexity index is 1910. The molecule has 1 atom stereocenters. The number of benzene rings is 2. The van der Waals surface area contributed by atoms with E-state index in [1.807, 2.05) is 36.4 Å². The van der Waals surface area contributed by atoms with Crippen LogP contribution in [0.2, 0.25) is 0 Å². The number of hydrogen-bond donors (Lipinski definition) is 0. The predicted octanol–water partition coefficient (Wildman–Crippen LogP) is 3.63. The zero-order chi connectivity index (χ0) is 34.1. The van der Waals surface area contributed by atoms with E-state index in [0.717, 1.165) is 52.2 Å². The number of nitriles is 1. The normalized spacial score (nSPS) is 19.9. The van der Waals surface area contributed by atoms with Gasteiger partial charge >= 0.3 is 240 Å². The number of piperidine rings is 1. The van der Waals surface area contributed by atoms with Crippen molar-refractivity contribution < 1.29 is 18.7 Å². The van der Waals surface area contributed by atoms with Crippen molar-refractivity contribution in [2.45, 2.75) is 44.3 Å². The summed E-state index contributed by atoms with van der Waals surface area (Å²) in [5.74, 6) is 0.209. The van der Waals surface area contributed by atoms with Gasteiger partial charge in [0.05, 0.1) is 19.3 Å². The number of fused-ring (bicyclic) bond motifs is 1. The fourth-order valence-electron chi connectivity index (χ4n) is 6.97. The number of nitrogens with zero attached hydrogens (tertiary/aromatic N) is 8. The Labute approximate surface area is 293 Å². The third kappa shape index (κ3) is 6.86. The number of para-hydroxylation sites is 1. The number of aromatic nitrogens is 4. The van der Waals surface area contributed by atoms with E-state index in [4.69, 9.17) is 14.6 Å². The van der Waals surface area contributed by atoms with Crippen LogP contribution in [0, 0.1) is 17.1 Å². The molecular formula is C36H38AsFN8O3. The van der Waals surface area contributed by atoms with Crippen molar-refractivity contribution in [2.75, 3.05) is 52.5 Å². The molecular weight excluding hydrogens is 686 g/mol. The average Bonchev–Trinajstić information content (AvgIpc) is 3.48. The number of piperazine rings is 1. The zero-order valence-electron chi connectivity index (χ0n) is 27.6. The molecule has 0 spiro atoms. The van der Waals surface area contributed by atoms with Crippen molar-refractivity contribution in [1.82, 2.24) is 34.4 Å². The summed E-state index contributed by atoms with van der Waals surface area (Å²) in [6.45, 7) is 10.2. The Morgan fingerprint density at radius 2 is 1.84 bits per heavy atom. The minimum Gasteiger partial charge on any atom is -0.378 e. The molecule has 5 heterocycles. The van der Waals surface area contributed by atoms with Gasteiger partial charge in [0.2, 0.25) is 0 Å². The molecule has 0 unspecified atom stereocenters. The molecule has 0 bridgehead atoms. The van der Waals surface area contributed by atoms with Crippen molar-refractivity contribution >= 4 is 38.3 Å². The van der Waals surface area contributed by atoms with E-state index in [2.05, 4.69) is 56.5 Å². The van der Waals surface area contributed by atoms with E-state index in [-0.39, 0.29) is 17.5 Å². The first kappa shape index (κ1) is 33.4. The van der Waals surface area contributed by atoms with Crippen molar-refractivity contribution in [3.63, 3.8) is 0 Å². The van der Waals surface area contributed by atoms with Crippen molar-refractivity contribution in [1.29, 1.82) is 5.26 Å². The summed E-state index contributed by atoms with van der Waals surface area (Å²) in [4.78, 5) is 29.3. The zero-order valence-corrected chi connectivity index (χ0v) is 29.5. The quantitative estimate of drug-likeness (QED) is 0.153. The van der Waals surface area contributed by atoms with E-state index in [9.17, 15) is 10.1 Å². The van der Waals surface area contributed by atoms with Gasteiger partial charge in [-0.25, -0.2) is 0 Å². The fourth-order valence-corrected chi connectivity index (χ4v) is 7.51. The Morgan fingerprint density at radius 3 is 2.53 bits per heavy atom. The van der Waals surface area contributed by atoms with Crippen LogP contribution < -0.4 is 9.22 Å². The molecule has 3 aliphatic heterocycles. The number of rotatable bonds is 8. The summed E-state index contributed by atoms with van der Waals surface area (Å²) < 4.78 is 29.3. The average molecular weight is 725 g/mol. The second kappa shape index (κ2) is 14.0. The molecule has 7 rings (SSSR count). The topological polar surface area (TPSA) is 113 Å². The van der Waals surface area contributed by atoms with Crippen LogP contribution in [-0.2, 0) is 9.53 Å². The first-order chi connectivity index (χ1) is 23.7. The van der Waals surface area contributed by atoms with E-state index in [1.165, 1.54) is 12.4 Å². The van der Waals surface area contributed by atoms with Crippen LogP contribution in [0.5, 0.6) is 11.5 Å². The predicted molar refractivity (Wildman–Crippen MR) is 183 cm³/mol. The molecule has 49 heavy (non-hydrogen) atoms. The van der Waals surface area contributed by atoms with E-state index in [1.54, 1.807) is 21.7 Å². The van der Waals surface area contributed by atoms with Crippen molar-refractivity contribution in [2.24, 2.45) is 0 Å². The molecule has 3 saturated heterocycles. The number of amides is 1. The summed E-state index contributed by atoms with van der Waals surface area (Å²) in [5, 5.41) is 15.7. The summed E-state index contributed by atoms with van der Waals surface area (Å²) in [7, 11) is 0. The molecule has 0 saturated carbocycles. The number of carbonyl (C=O) groups excluding carboxylic acids is 1. The Kier molecular flexibility index (Phi) is 9.53. The Morgan fingerprint density at radius 1 is 1.06 bits per heavy atom. The third-order valence-electron chi connectivity index (χ3n) is 9.79. The van der Waals surface area contributed by atoms with E-state index in [0.29, 0.717) is 57.4 Å². The SMILES string of the molecule is CC(C)(C=C(C#N)C(=O)N1CCC[C@H](n2nc(-c3ccc(Oc4ccccc4)cc3F)c3c([As])ncnc32)C1)N1CCN(C2COC2)CC1. The molecule has 11 nitrogen and oxygen atoms in total. The van der Waals surface area contributed by atoms with Crippen LogP contribution in [0.15, 0.2) is 66.5 Å². The molecule has 0 N–H and O–H groups in total. The van der Waals surface area contributed by atoms with Crippen LogP contribution in [0.4, 0.5) is 4.39 Å².